The van der Waals surface area contributed by atoms with E-state index in [-0.39, 0.29) is 38.7 Å². The molecule has 1 aliphatic rings. The van der Waals surface area contributed by atoms with Crippen LogP contribution in [0.1, 0.15) is 32.8 Å². The summed E-state index contributed by atoms with van der Waals surface area (Å²) in [6.07, 6.45) is 3.36. The highest BCUT2D eigenvalue weighted by atomic mass is 32.2. The highest BCUT2D eigenvalue weighted by Crippen LogP contribution is 2.38. The average molecular weight is 521 g/mol. The Morgan fingerprint density at radius 2 is 1.86 bits per heavy atom. The molecule has 12 heteroatoms. The molecule has 188 valence electrons. The zero-order valence-corrected chi connectivity index (χ0v) is 21.7. The molecular weight excluding hydrogens is 492 g/mol. The van der Waals surface area contributed by atoms with Crippen molar-refractivity contribution in [2.45, 2.75) is 38.6 Å². The topological polar surface area (TPSA) is 130 Å². The predicted molar refractivity (Wildman–Crippen MR) is 136 cm³/mol. The van der Waals surface area contributed by atoms with Gasteiger partial charge in [0.15, 0.2) is 5.75 Å². The summed E-state index contributed by atoms with van der Waals surface area (Å²) in [4.78, 5) is 13.4. The van der Waals surface area contributed by atoms with E-state index in [0.29, 0.717) is 18.5 Å². The van der Waals surface area contributed by atoms with E-state index >= 15 is 0 Å². The Hall–Kier alpha value is -3.25. The molecule has 0 aliphatic carbocycles. The fourth-order valence-corrected chi connectivity index (χ4v) is 5.69. The van der Waals surface area contributed by atoms with Gasteiger partial charge in [0.25, 0.3) is 5.56 Å². The van der Waals surface area contributed by atoms with Gasteiger partial charge in [-0.15, -0.1) is 0 Å². The molecule has 0 spiro atoms. The Morgan fingerprint density at radius 1 is 1.17 bits per heavy atom. The molecule has 1 aromatic carbocycles. The lowest BCUT2D eigenvalue weighted by atomic mass is 9.92. The van der Waals surface area contributed by atoms with Gasteiger partial charge in [-0.3, -0.25) is 13.6 Å². The molecule has 1 aliphatic heterocycles. The van der Waals surface area contributed by atoms with Gasteiger partial charge in [0, 0.05) is 19.8 Å². The van der Waals surface area contributed by atoms with E-state index in [0.717, 1.165) is 16.0 Å². The fourth-order valence-electron chi connectivity index (χ4n) is 3.87. The number of aryl methyl sites for hydroxylation is 1. The third-order valence-electron chi connectivity index (χ3n) is 5.93. The highest BCUT2D eigenvalue weighted by Gasteiger charge is 2.30. The summed E-state index contributed by atoms with van der Waals surface area (Å²) in [6.45, 7) is 6.52. The van der Waals surface area contributed by atoms with Crippen molar-refractivity contribution in [3.05, 3.63) is 57.9 Å². The van der Waals surface area contributed by atoms with Gasteiger partial charge in [0.1, 0.15) is 11.1 Å². The van der Waals surface area contributed by atoms with E-state index in [1.807, 2.05) is 0 Å². The standard InChI is InChI=1S/C23H28N4O6S2/c1-23(2,3)10-12-27-22(29)20(21(28)18-7-6-11-26(18)27)17-14-35(32,33)19-13-15(8-9-16(19)24-17)25(4)34(5,30)31/h6-9,11,13-14,24,28H,10,12H2,1-5H3. The van der Waals surface area contributed by atoms with Gasteiger partial charge in [0.2, 0.25) is 19.9 Å². The Kier molecular flexibility index (Phi) is 5.80. The normalized spacial score (nSPS) is 15.4. The van der Waals surface area contributed by atoms with Gasteiger partial charge < -0.3 is 10.4 Å². The minimum absolute atomic E-state index is 0.0571. The molecule has 2 aromatic heterocycles. The lowest BCUT2D eigenvalue weighted by Crippen LogP contribution is -2.31. The van der Waals surface area contributed by atoms with Crippen molar-refractivity contribution in [3.63, 3.8) is 0 Å². The summed E-state index contributed by atoms with van der Waals surface area (Å²) in [7, 11) is -6.35. The molecular formula is C23H28N4O6S2. The maximum atomic E-state index is 13.5. The number of nitrogens with one attached hydrogen (secondary N) is 1. The van der Waals surface area contributed by atoms with E-state index in [1.54, 1.807) is 22.8 Å². The number of hydrogen-bond donors (Lipinski definition) is 2. The van der Waals surface area contributed by atoms with Crippen LogP contribution in [0.4, 0.5) is 11.4 Å². The molecule has 4 rings (SSSR count). The Morgan fingerprint density at radius 3 is 2.49 bits per heavy atom. The summed E-state index contributed by atoms with van der Waals surface area (Å²) in [5.74, 6) is -0.335. The maximum Gasteiger partial charge on any atom is 0.278 e. The number of aromatic nitrogens is 2. The number of aromatic hydroxyl groups is 1. The largest absolute Gasteiger partial charge is 0.505 e. The third-order valence-corrected chi connectivity index (χ3v) is 8.64. The van der Waals surface area contributed by atoms with Crippen molar-refractivity contribution in [2.24, 2.45) is 5.41 Å². The zero-order valence-electron chi connectivity index (χ0n) is 20.1. The van der Waals surface area contributed by atoms with Crippen molar-refractivity contribution in [2.75, 3.05) is 22.9 Å². The summed E-state index contributed by atoms with van der Waals surface area (Å²) in [6, 6.07) is 7.49. The number of sulfonamides is 1. The van der Waals surface area contributed by atoms with E-state index in [1.165, 1.54) is 29.9 Å². The molecule has 3 heterocycles. The lowest BCUT2D eigenvalue weighted by Gasteiger charge is -2.24. The van der Waals surface area contributed by atoms with Crippen LogP contribution in [-0.4, -0.2) is 44.4 Å². The zero-order chi connectivity index (χ0) is 25.9. The smallest absolute Gasteiger partial charge is 0.278 e. The van der Waals surface area contributed by atoms with Gasteiger partial charge >= 0.3 is 0 Å². The average Bonchev–Trinajstić information content (AvgIpc) is 3.21. The molecule has 0 atom stereocenters. The molecule has 0 unspecified atom stereocenters. The maximum absolute atomic E-state index is 13.5. The van der Waals surface area contributed by atoms with Gasteiger partial charge in [-0.05, 0) is 42.2 Å². The number of anilines is 2. The highest BCUT2D eigenvalue weighted by molar-refractivity contribution is 7.94. The third kappa shape index (κ3) is 4.55. The number of hydrogen-bond acceptors (Lipinski definition) is 7. The van der Waals surface area contributed by atoms with Crippen molar-refractivity contribution in [1.82, 2.24) is 9.20 Å². The summed E-state index contributed by atoms with van der Waals surface area (Å²) >= 11 is 0. The second kappa shape index (κ2) is 8.16. The molecule has 3 aromatic rings. The molecule has 2 N–H and O–H groups in total. The Labute approximate surface area is 204 Å². The number of sulfone groups is 1. The number of rotatable bonds is 5. The van der Waals surface area contributed by atoms with Gasteiger partial charge in [-0.2, -0.15) is 0 Å². The van der Waals surface area contributed by atoms with Crippen LogP contribution in [0.5, 0.6) is 5.75 Å². The summed E-state index contributed by atoms with van der Waals surface area (Å²) in [5.41, 5.74) is -0.0999. The van der Waals surface area contributed by atoms with Crippen molar-refractivity contribution < 1.29 is 21.9 Å². The molecule has 0 amide bonds. The van der Waals surface area contributed by atoms with E-state index < -0.39 is 25.4 Å². The Balaban J connectivity index is 1.87. The van der Waals surface area contributed by atoms with Crippen LogP contribution in [0.25, 0.3) is 11.2 Å². The van der Waals surface area contributed by atoms with Gasteiger partial charge in [-0.1, -0.05) is 20.8 Å². The molecule has 0 saturated carbocycles. The van der Waals surface area contributed by atoms with Crippen LogP contribution < -0.4 is 15.2 Å². The van der Waals surface area contributed by atoms with Crippen molar-refractivity contribution in [1.29, 1.82) is 0 Å². The lowest BCUT2D eigenvalue weighted by molar-refractivity contribution is 0.330. The molecule has 0 bridgehead atoms. The molecule has 10 nitrogen and oxygen atoms in total. The molecule has 0 saturated heterocycles. The predicted octanol–water partition coefficient (Wildman–Crippen LogP) is 2.84. The minimum Gasteiger partial charge on any atom is -0.505 e. The monoisotopic (exact) mass is 520 g/mol. The minimum atomic E-state index is -4.07. The second-order valence-electron chi connectivity index (χ2n) is 9.81. The van der Waals surface area contributed by atoms with Crippen LogP contribution in [0.15, 0.2) is 51.6 Å². The quantitative estimate of drug-likeness (QED) is 0.529. The van der Waals surface area contributed by atoms with Crippen LogP contribution in [0, 0.1) is 5.41 Å². The van der Waals surface area contributed by atoms with E-state index in [4.69, 9.17) is 0 Å². The van der Waals surface area contributed by atoms with Crippen LogP contribution >= 0.6 is 0 Å². The van der Waals surface area contributed by atoms with E-state index in [2.05, 4.69) is 26.1 Å². The van der Waals surface area contributed by atoms with Crippen LogP contribution in [-0.2, 0) is 26.4 Å². The van der Waals surface area contributed by atoms with Crippen molar-refractivity contribution >= 4 is 42.4 Å². The summed E-state index contributed by atoms with van der Waals surface area (Å²) < 4.78 is 54.1. The first-order valence-corrected chi connectivity index (χ1v) is 14.2. The molecule has 0 radical (unpaired) electrons. The SMILES string of the molecule is CN(c1ccc2c(c1)S(=O)(=O)C=C(c1c(O)c3cccn3n(CCC(C)(C)C)c1=O)N2)S(C)(=O)=O. The number of benzene rings is 1. The van der Waals surface area contributed by atoms with Crippen LogP contribution in [0.2, 0.25) is 0 Å². The van der Waals surface area contributed by atoms with Crippen LogP contribution in [0.3, 0.4) is 0 Å². The van der Waals surface area contributed by atoms with E-state index in [9.17, 15) is 26.7 Å². The van der Waals surface area contributed by atoms with Gasteiger partial charge in [0.05, 0.1) is 33.6 Å². The Bertz CT molecular complexity index is 1640. The second-order valence-corrected chi connectivity index (χ2v) is 13.6. The number of fused-ring (bicyclic) bond motifs is 2. The van der Waals surface area contributed by atoms with Crippen molar-refractivity contribution in [3.8, 4) is 5.75 Å². The first-order valence-electron chi connectivity index (χ1n) is 10.9. The molecule has 35 heavy (non-hydrogen) atoms. The first-order chi connectivity index (χ1) is 16.1. The van der Waals surface area contributed by atoms with Gasteiger partial charge in [-0.25, -0.2) is 21.5 Å². The number of nitrogens with zero attached hydrogens (tertiary/aromatic N) is 3. The molecule has 0 fully saturated rings. The summed E-state index contributed by atoms with van der Waals surface area (Å²) in [5, 5.41) is 14.8. The fraction of sp³-hybridized carbons (Fsp3) is 0.348. The first kappa shape index (κ1) is 24.9.